The molecule has 0 aliphatic heterocycles. The molecule has 0 spiro atoms. The first-order valence-electron chi connectivity index (χ1n) is 7.29. The summed E-state index contributed by atoms with van der Waals surface area (Å²) in [6.07, 6.45) is 1.11. The molecule has 0 saturated heterocycles. The van der Waals surface area contributed by atoms with Gasteiger partial charge < -0.3 is 14.5 Å². The predicted molar refractivity (Wildman–Crippen MR) is 79.4 cm³/mol. The van der Waals surface area contributed by atoms with E-state index in [1.807, 2.05) is 6.07 Å². The number of halogens is 1. The largest absolute Gasteiger partial charge is 0.496 e. The molecule has 0 unspecified atom stereocenters. The number of carbonyl (C=O) groups is 1. The zero-order valence-electron chi connectivity index (χ0n) is 12.6. The smallest absolute Gasteiger partial charge is 0.287 e. The molecule has 0 radical (unpaired) electrons. The second-order valence-electron chi connectivity index (χ2n) is 5.66. The van der Waals surface area contributed by atoms with E-state index in [4.69, 9.17) is 9.15 Å². The highest BCUT2D eigenvalue weighted by Gasteiger charge is 2.36. The van der Waals surface area contributed by atoms with Gasteiger partial charge in [0.2, 0.25) is 0 Å². The van der Waals surface area contributed by atoms with E-state index < -0.39 is 0 Å². The van der Waals surface area contributed by atoms with Crippen LogP contribution in [0.1, 0.15) is 41.1 Å². The molecule has 1 aliphatic rings. The molecule has 116 valence electrons. The topological polar surface area (TPSA) is 51.5 Å². The van der Waals surface area contributed by atoms with Crippen LogP contribution in [0.4, 0.5) is 4.39 Å². The van der Waals surface area contributed by atoms with Crippen LogP contribution in [-0.4, -0.2) is 13.0 Å². The van der Waals surface area contributed by atoms with Crippen molar-refractivity contribution in [2.75, 3.05) is 7.11 Å². The number of carbonyl (C=O) groups excluding carboxylic acids is 1. The van der Waals surface area contributed by atoms with Gasteiger partial charge in [-0.2, -0.15) is 0 Å². The molecule has 22 heavy (non-hydrogen) atoms. The monoisotopic (exact) mass is 303 g/mol. The van der Waals surface area contributed by atoms with Crippen molar-refractivity contribution in [1.82, 2.24) is 5.32 Å². The normalized spacial score (nSPS) is 19.8. The van der Waals surface area contributed by atoms with E-state index >= 15 is 0 Å². The number of hydrogen-bond acceptors (Lipinski definition) is 3. The van der Waals surface area contributed by atoms with Gasteiger partial charge in [-0.05, 0) is 42.7 Å². The van der Waals surface area contributed by atoms with Crippen LogP contribution >= 0.6 is 0 Å². The number of furan rings is 1. The Morgan fingerprint density at radius 2 is 2.18 bits per heavy atom. The number of rotatable bonds is 5. The zero-order chi connectivity index (χ0) is 15.7. The second kappa shape index (κ2) is 5.83. The average Bonchev–Trinajstić information content (AvgIpc) is 3.04. The quantitative estimate of drug-likeness (QED) is 0.920. The Morgan fingerprint density at radius 1 is 1.41 bits per heavy atom. The van der Waals surface area contributed by atoms with Crippen LogP contribution in [0.2, 0.25) is 0 Å². The minimum atomic E-state index is -0.368. The fraction of sp³-hybridized carbons (Fsp3) is 0.353. The lowest BCUT2D eigenvalue weighted by Gasteiger charge is -2.09. The van der Waals surface area contributed by atoms with Gasteiger partial charge in [0.1, 0.15) is 17.3 Å². The van der Waals surface area contributed by atoms with Gasteiger partial charge in [-0.3, -0.25) is 4.79 Å². The Bertz CT molecular complexity index is 695. The maximum atomic E-state index is 13.3. The first-order chi connectivity index (χ1) is 10.6. The van der Waals surface area contributed by atoms with Crippen LogP contribution in [0.5, 0.6) is 5.75 Å². The van der Waals surface area contributed by atoms with Crippen molar-refractivity contribution in [3.63, 3.8) is 0 Å². The van der Waals surface area contributed by atoms with Gasteiger partial charge in [-0.1, -0.05) is 6.92 Å². The first kappa shape index (κ1) is 14.6. The predicted octanol–water partition coefficient (Wildman–Crippen LogP) is 3.48. The number of benzene rings is 1. The summed E-state index contributed by atoms with van der Waals surface area (Å²) in [5.74, 6) is 2.06. The molecule has 2 atom stereocenters. The SMILES string of the molecule is COc1ccc(F)cc1CNC(=O)c1ccc([C@H]2C[C@@H]2C)o1. The van der Waals surface area contributed by atoms with Crippen molar-refractivity contribution in [3.8, 4) is 5.75 Å². The summed E-state index contributed by atoms with van der Waals surface area (Å²) >= 11 is 0. The van der Waals surface area contributed by atoms with Gasteiger partial charge in [0, 0.05) is 18.0 Å². The van der Waals surface area contributed by atoms with Crippen molar-refractivity contribution < 1.29 is 18.3 Å². The highest BCUT2D eigenvalue weighted by atomic mass is 19.1. The van der Waals surface area contributed by atoms with E-state index in [-0.39, 0.29) is 24.0 Å². The molecule has 1 amide bonds. The van der Waals surface area contributed by atoms with Gasteiger partial charge in [0.15, 0.2) is 5.76 Å². The molecule has 1 aromatic heterocycles. The maximum absolute atomic E-state index is 13.3. The Labute approximate surface area is 128 Å². The third-order valence-corrected chi connectivity index (χ3v) is 4.01. The molecule has 1 aliphatic carbocycles. The summed E-state index contributed by atoms with van der Waals surface area (Å²) in [4.78, 5) is 12.1. The minimum Gasteiger partial charge on any atom is -0.496 e. The zero-order valence-corrected chi connectivity index (χ0v) is 12.6. The van der Waals surface area contributed by atoms with Gasteiger partial charge in [0.05, 0.1) is 7.11 Å². The molecule has 1 aromatic carbocycles. The van der Waals surface area contributed by atoms with E-state index in [0.29, 0.717) is 23.1 Å². The Hall–Kier alpha value is -2.30. The molecule has 5 heteroatoms. The van der Waals surface area contributed by atoms with Crippen molar-refractivity contribution >= 4 is 5.91 Å². The molecular formula is C17H18FNO3. The Balaban J connectivity index is 1.65. The lowest BCUT2D eigenvalue weighted by atomic mass is 10.2. The van der Waals surface area contributed by atoms with E-state index in [1.165, 1.54) is 25.3 Å². The second-order valence-corrected chi connectivity index (χ2v) is 5.66. The number of ether oxygens (including phenoxy) is 1. The summed E-state index contributed by atoms with van der Waals surface area (Å²) < 4.78 is 24.0. The van der Waals surface area contributed by atoms with Crippen molar-refractivity contribution in [2.45, 2.75) is 25.8 Å². The fourth-order valence-corrected chi connectivity index (χ4v) is 2.54. The van der Waals surface area contributed by atoms with Crippen molar-refractivity contribution in [1.29, 1.82) is 0 Å². The summed E-state index contributed by atoms with van der Waals surface area (Å²) in [5.41, 5.74) is 0.582. The lowest BCUT2D eigenvalue weighted by molar-refractivity contribution is 0.0921. The van der Waals surface area contributed by atoms with Crippen molar-refractivity contribution in [3.05, 3.63) is 53.2 Å². The van der Waals surface area contributed by atoms with Crippen LogP contribution in [-0.2, 0) is 6.54 Å². The summed E-state index contributed by atoms with van der Waals surface area (Å²) in [6, 6.07) is 7.74. The van der Waals surface area contributed by atoms with E-state index in [1.54, 1.807) is 6.07 Å². The summed E-state index contributed by atoms with van der Waals surface area (Å²) in [5, 5.41) is 2.72. The summed E-state index contributed by atoms with van der Waals surface area (Å²) in [7, 11) is 1.51. The summed E-state index contributed by atoms with van der Waals surface area (Å²) in [6.45, 7) is 2.33. The van der Waals surface area contributed by atoms with E-state index in [2.05, 4.69) is 12.2 Å². The van der Waals surface area contributed by atoms with Gasteiger partial charge in [-0.15, -0.1) is 0 Å². The highest BCUT2D eigenvalue weighted by Crippen LogP contribution is 2.47. The van der Waals surface area contributed by atoms with Gasteiger partial charge >= 0.3 is 0 Å². The Kier molecular flexibility index (Phi) is 3.88. The molecule has 4 nitrogen and oxygen atoms in total. The van der Waals surface area contributed by atoms with Crippen LogP contribution < -0.4 is 10.1 Å². The minimum absolute atomic E-state index is 0.176. The fourth-order valence-electron chi connectivity index (χ4n) is 2.54. The van der Waals surface area contributed by atoms with Gasteiger partial charge in [0.25, 0.3) is 5.91 Å². The third kappa shape index (κ3) is 2.98. The maximum Gasteiger partial charge on any atom is 0.287 e. The number of hydrogen-bond donors (Lipinski definition) is 1. The first-order valence-corrected chi connectivity index (χ1v) is 7.29. The van der Waals surface area contributed by atoms with Crippen LogP contribution in [0.3, 0.4) is 0 Å². The highest BCUT2D eigenvalue weighted by molar-refractivity contribution is 5.91. The van der Waals surface area contributed by atoms with Crippen LogP contribution in [0, 0.1) is 11.7 Å². The molecule has 3 rings (SSSR count). The number of amides is 1. The van der Waals surface area contributed by atoms with Crippen LogP contribution in [0.25, 0.3) is 0 Å². The molecule has 2 aromatic rings. The van der Waals surface area contributed by atoms with Crippen LogP contribution in [0.15, 0.2) is 34.7 Å². The average molecular weight is 303 g/mol. The molecule has 1 saturated carbocycles. The van der Waals surface area contributed by atoms with Crippen molar-refractivity contribution in [2.24, 2.45) is 5.92 Å². The standard InChI is InChI=1S/C17H18FNO3/c1-10-7-13(10)15-5-6-16(22-15)17(20)19-9-11-8-12(18)3-4-14(11)21-2/h3-6,8,10,13H,7,9H2,1-2H3,(H,19,20)/t10-,13-/m0/s1. The molecule has 1 fully saturated rings. The molecular weight excluding hydrogens is 285 g/mol. The molecule has 1 heterocycles. The third-order valence-electron chi connectivity index (χ3n) is 4.01. The Morgan fingerprint density at radius 3 is 2.86 bits per heavy atom. The number of nitrogens with one attached hydrogen (secondary N) is 1. The molecule has 0 bridgehead atoms. The van der Waals surface area contributed by atoms with E-state index in [0.717, 1.165) is 12.2 Å². The van der Waals surface area contributed by atoms with E-state index in [9.17, 15) is 9.18 Å². The van der Waals surface area contributed by atoms with Gasteiger partial charge in [-0.25, -0.2) is 4.39 Å². The molecule has 1 N–H and O–H groups in total. The number of methoxy groups -OCH3 is 1. The lowest BCUT2D eigenvalue weighted by Crippen LogP contribution is -2.22.